The van der Waals surface area contributed by atoms with E-state index in [1.54, 1.807) is 0 Å². The van der Waals surface area contributed by atoms with Gasteiger partial charge in [0.25, 0.3) is 5.91 Å². The molecule has 0 atom stereocenters. The molecule has 0 aliphatic carbocycles. The minimum absolute atomic E-state index is 0.0590. The first-order chi connectivity index (χ1) is 12.9. The molecule has 2 N–H and O–H groups in total. The van der Waals surface area contributed by atoms with E-state index in [2.05, 4.69) is 31.4 Å². The van der Waals surface area contributed by atoms with E-state index in [0.29, 0.717) is 25.3 Å². The predicted molar refractivity (Wildman–Crippen MR) is 107 cm³/mol. The minimum Gasteiger partial charge on any atom is -0.493 e. The fourth-order valence-electron chi connectivity index (χ4n) is 2.47. The molecule has 0 aliphatic rings. The summed E-state index contributed by atoms with van der Waals surface area (Å²) in [7, 11) is 0. The lowest BCUT2D eigenvalue weighted by Crippen LogP contribution is -2.35. The summed E-state index contributed by atoms with van der Waals surface area (Å²) in [5.74, 6) is 0.502. The summed E-state index contributed by atoms with van der Waals surface area (Å²) in [6.07, 6.45) is 0.275. The number of carbonyl (C=O) groups excluding carboxylic acids is 2. The molecule has 0 heterocycles. The number of carbonyl (C=O) groups is 2. The number of benzene rings is 2. The van der Waals surface area contributed by atoms with Crippen LogP contribution in [0.3, 0.4) is 0 Å². The molecular formula is C22H28N2O3. The van der Waals surface area contributed by atoms with Gasteiger partial charge in [0.15, 0.2) is 0 Å². The first-order valence-electron chi connectivity index (χ1n) is 9.19. The van der Waals surface area contributed by atoms with E-state index in [-0.39, 0.29) is 23.7 Å². The number of nitrogens with one attached hydrogen (secondary N) is 2. The Bertz CT molecular complexity index is 734. The quantitative estimate of drug-likeness (QED) is 0.703. The van der Waals surface area contributed by atoms with Crippen molar-refractivity contribution in [3.63, 3.8) is 0 Å². The lowest BCUT2D eigenvalue weighted by Gasteiger charge is -2.19. The average molecular weight is 368 g/mol. The summed E-state index contributed by atoms with van der Waals surface area (Å²) >= 11 is 0. The third-order valence-electron chi connectivity index (χ3n) is 4.09. The van der Waals surface area contributed by atoms with Crippen LogP contribution in [-0.4, -0.2) is 31.5 Å². The monoisotopic (exact) mass is 368 g/mol. The zero-order valence-electron chi connectivity index (χ0n) is 16.2. The van der Waals surface area contributed by atoms with Crippen LogP contribution in [-0.2, 0) is 10.2 Å². The van der Waals surface area contributed by atoms with Crippen LogP contribution < -0.4 is 15.4 Å². The standard InChI is InChI=1S/C22H28N2O3/c1-22(2,3)18-11-9-17(10-12-18)21(26)24-15-14-23-20(25)13-16-27-19-7-5-4-6-8-19/h4-12H,13-16H2,1-3H3,(H,23,25)(H,24,26). The Balaban J connectivity index is 1.62. The van der Waals surface area contributed by atoms with Crippen molar-refractivity contribution in [1.29, 1.82) is 0 Å². The van der Waals surface area contributed by atoms with Crippen LogP contribution in [0.2, 0.25) is 0 Å². The zero-order valence-corrected chi connectivity index (χ0v) is 16.2. The van der Waals surface area contributed by atoms with E-state index in [0.717, 1.165) is 5.75 Å². The van der Waals surface area contributed by atoms with Crippen LogP contribution in [0.4, 0.5) is 0 Å². The van der Waals surface area contributed by atoms with E-state index >= 15 is 0 Å². The normalized spacial score (nSPS) is 10.9. The molecule has 27 heavy (non-hydrogen) atoms. The smallest absolute Gasteiger partial charge is 0.251 e. The molecule has 0 radical (unpaired) electrons. The van der Waals surface area contributed by atoms with E-state index < -0.39 is 0 Å². The van der Waals surface area contributed by atoms with Crippen molar-refractivity contribution in [2.75, 3.05) is 19.7 Å². The van der Waals surface area contributed by atoms with Crippen LogP contribution in [0.25, 0.3) is 0 Å². The van der Waals surface area contributed by atoms with Gasteiger partial charge in [-0.05, 0) is 35.2 Å². The maximum atomic E-state index is 12.1. The van der Waals surface area contributed by atoms with E-state index in [4.69, 9.17) is 4.74 Å². The fraction of sp³-hybridized carbons (Fsp3) is 0.364. The van der Waals surface area contributed by atoms with Gasteiger partial charge in [0.05, 0.1) is 13.0 Å². The third-order valence-corrected chi connectivity index (χ3v) is 4.09. The Kier molecular flexibility index (Phi) is 7.41. The molecule has 2 aromatic carbocycles. The van der Waals surface area contributed by atoms with Crippen molar-refractivity contribution >= 4 is 11.8 Å². The molecule has 2 aromatic rings. The van der Waals surface area contributed by atoms with E-state index in [1.165, 1.54) is 5.56 Å². The summed E-state index contributed by atoms with van der Waals surface area (Å²) in [6, 6.07) is 17.0. The Morgan fingerprint density at radius 1 is 0.889 bits per heavy atom. The Morgan fingerprint density at radius 2 is 1.52 bits per heavy atom. The van der Waals surface area contributed by atoms with Gasteiger partial charge in [-0.3, -0.25) is 9.59 Å². The van der Waals surface area contributed by atoms with Gasteiger partial charge in [-0.25, -0.2) is 0 Å². The van der Waals surface area contributed by atoms with Gasteiger partial charge < -0.3 is 15.4 Å². The summed E-state index contributed by atoms with van der Waals surface area (Å²) in [6.45, 7) is 7.49. The number of hydrogen-bond acceptors (Lipinski definition) is 3. The van der Waals surface area contributed by atoms with Gasteiger partial charge in [-0.2, -0.15) is 0 Å². The second-order valence-electron chi connectivity index (χ2n) is 7.34. The fourth-order valence-corrected chi connectivity index (χ4v) is 2.47. The van der Waals surface area contributed by atoms with Crippen LogP contribution in [0.5, 0.6) is 5.75 Å². The predicted octanol–water partition coefficient (Wildman–Crippen LogP) is 3.30. The molecule has 0 fully saturated rings. The molecule has 144 valence electrons. The highest BCUT2D eigenvalue weighted by molar-refractivity contribution is 5.94. The van der Waals surface area contributed by atoms with Gasteiger partial charge in [0.2, 0.25) is 5.91 Å². The van der Waals surface area contributed by atoms with Gasteiger partial charge in [-0.15, -0.1) is 0 Å². The molecule has 0 bridgehead atoms. The highest BCUT2D eigenvalue weighted by Gasteiger charge is 2.14. The van der Waals surface area contributed by atoms with Gasteiger partial charge in [-0.1, -0.05) is 51.1 Å². The van der Waals surface area contributed by atoms with E-state index in [9.17, 15) is 9.59 Å². The third kappa shape index (κ3) is 7.13. The maximum absolute atomic E-state index is 12.1. The lowest BCUT2D eigenvalue weighted by atomic mass is 9.87. The Labute approximate surface area is 161 Å². The molecule has 2 rings (SSSR count). The summed E-state index contributed by atoms with van der Waals surface area (Å²) < 4.78 is 5.48. The number of hydrogen-bond donors (Lipinski definition) is 2. The molecular weight excluding hydrogens is 340 g/mol. The summed E-state index contributed by atoms with van der Waals surface area (Å²) in [4.78, 5) is 23.9. The largest absolute Gasteiger partial charge is 0.493 e. The molecule has 0 aromatic heterocycles. The van der Waals surface area contributed by atoms with Gasteiger partial charge in [0, 0.05) is 18.7 Å². The second kappa shape index (κ2) is 9.76. The van der Waals surface area contributed by atoms with E-state index in [1.807, 2.05) is 54.6 Å². The highest BCUT2D eigenvalue weighted by Crippen LogP contribution is 2.22. The Morgan fingerprint density at radius 3 is 2.15 bits per heavy atom. The number of para-hydroxylation sites is 1. The second-order valence-corrected chi connectivity index (χ2v) is 7.34. The van der Waals surface area contributed by atoms with Crippen LogP contribution >= 0.6 is 0 Å². The first kappa shape index (κ1) is 20.5. The average Bonchev–Trinajstić information content (AvgIpc) is 2.65. The molecule has 0 aliphatic heterocycles. The zero-order chi connectivity index (χ0) is 19.7. The molecule has 5 heteroatoms. The topological polar surface area (TPSA) is 67.4 Å². The van der Waals surface area contributed by atoms with Crippen LogP contribution in [0.1, 0.15) is 43.1 Å². The lowest BCUT2D eigenvalue weighted by molar-refractivity contribution is -0.121. The minimum atomic E-state index is -0.142. The molecule has 0 saturated carbocycles. The molecule has 0 spiro atoms. The number of ether oxygens (including phenoxy) is 1. The number of amides is 2. The van der Waals surface area contributed by atoms with Crippen LogP contribution in [0.15, 0.2) is 54.6 Å². The maximum Gasteiger partial charge on any atom is 0.251 e. The van der Waals surface area contributed by atoms with Crippen molar-refractivity contribution < 1.29 is 14.3 Å². The molecule has 0 unspecified atom stereocenters. The van der Waals surface area contributed by atoms with Gasteiger partial charge in [0.1, 0.15) is 5.75 Å². The molecule has 2 amide bonds. The van der Waals surface area contributed by atoms with Crippen molar-refractivity contribution in [2.24, 2.45) is 0 Å². The Hall–Kier alpha value is -2.82. The SMILES string of the molecule is CC(C)(C)c1ccc(C(=O)NCCNC(=O)CCOc2ccccc2)cc1. The highest BCUT2D eigenvalue weighted by atomic mass is 16.5. The molecule has 0 saturated heterocycles. The summed E-state index contributed by atoms with van der Waals surface area (Å²) in [5, 5.41) is 5.58. The first-order valence-corrected chi connectivity index (χ1v) is 9.19. The van der Waals surface area contributed by atoms with Crippen molar-refractivity contribution in [3.05, 3.63) is 65.7 Å². The number of rotatable bonds is 8. The van der Waals surface area contributed by atoms with Crippen LogP contribution in [0, 0.1) is 0 Å². The van der Waals surface area contributed by atoms with Crippen molar-refractivity contribution in [1.82, 2.24) is 10.6 Å². The van der Waals surface area contributed by atoms with Crippen molar-refractivity contribution in [3.8, 4) is 5.75 Å². The molecule has 5 nitrogen and oxygen atoms in total. The van der Waals surface area contributed by atoms with Gasteiger partial charge >= 0.3 is 0 Å². The summed E-state index contributed by atoms with van der Waals surface area (Å²) in [5.41, 5.74) is 1.86. The van der Waals surface area contributed by atoms with Crippen molar-refractivity contribution in [2.45, 2.75) is 32.6 Å².